The summed E-state index contributed by atoms with van der Waals surface area (Å²) >= 11 is 0. The molecule has 3 amide bonds. The Hall–Kier alpha value is -2.96. The highest BCUT2D eigenvalue weighted by Crippen LogP contribution is 2.37. The van der Waals surface area contributed by atoms with Crippen LogP contribution in [0.5, 0.6) is 0 Å². The Morgan fingerprint density at radius 1 is 1.13 bits per heavy atom. The van der Waals surface area contributed by atoms with Gasteiger partial charge in [0.2, 0.25) is 23.7 Å². The second kappa shape index (κ2) is 8.65. The molecule has 2 aliphatic rings. The van der Waals surface area contributed by atoms with Crippen LogP contribution in [0.1, 0.15) is 46.5 Å². The molecule has 7 nitrogen and oxygen atoms in total. The topological polar surface area (TPSA) is 84.3 Å². The molecule has 1 saturated heterocycles. The lowest BCUT2D eigenvalue weighted by atomic mass is 9.85. The van der Waals surface area contributed by atoms with E-state index in [1.807, 2.05) is 54.8 Å². The SMILES string of the molecule is CCCn1c(NC(=O)C(CC(C)C)N2C(=O)C3CC=CCC3C2=O)nc2ccccc21. The summed E-state index contributed by atoms with van der Waals surface area (Å²) in [6.45, 7) is 6.76. The number of hydrogen-bond acceptors (Lipinski definition) is 4. The van der Waals surface area contributed by atoms with Gasteiger partial charge in [0.05, 0.1) is 22.9 Å². The van der Waals surface area contributed by atoms with E-state index in [0.29, 0.717) is 31.8 Å². The molecule has 7 heteroatoms. The molecule has 1 aliphatic heterocycles. The van der Waals surface area contributed by atoms with Gasteiger partial charge in [-0.25, -0.2) is 4.98 Å². The van der Waals surface area contributed by atoms with E-state index < -0.39 is 6.04 Å². The van der Waals surface area contributed by atoms with E-state index in [9.17, 15) is 14.4 Å². The number of para-hydroxylation sites is 2. The van der Waals surface area contributed by atoms with Crippen molar-refractivity contribution in [1.82, 2.24) is 14.5 Å². The zero-order chi connectivity index (χ0) is 22.1. The van der Waals surface area contributed by atoms with Crippen molar-refractivity contribution in [3.63, 3.8) is 0 Å². The number of anilines is 1. The lowest BCUT2D eigenvalue weighted by Crippen LogP contribution is -2.48. The van der Waals surface area contributed by atoms with Crippen LogP contribution in [0.25, 0.3) is 11.0 Å². The first-order valence-electron chi connectivity index (χ1n) is 11.2. The van der Waals surface area contributed by atoms with Crippen LogP contribution < -0.4 is 5.32 Å². The summed E-state index contributed by atoms with van der Waals surface area (Å²) in [5.41, 5.74) is 1.75. The molecule has 0 spiro atoms. The smallest absolute Gasteiger partial charge is 0.249 e. The Kier molecular flexibility index (Phi) is 5.94. The van der Waals surface area contributed by atoms with Gasteiger partial charge >= 0.3 is 0 Å². The standard InChI is InChI=1S/C24H30N4O3/c1-4-13-27-19-12-8-7-11-18(19)25-24(27)26-21(29)20(14-15(2)3)28-22(30)16-9-5-6-10-17(16)23(28)31/h5-8,11-12,15-17,20H,4,9-10,13-14H2,1-3H3,(H,25,26,29). The maximum absolute atomic E-state index is 13.4. The molecule has 1 aromatic carbocycles. The first kappa shape index (κ1) is 21.3. The quantitative estimate of drug-likeness (QED) is 0.544. The summed E-state index contributed by atoms with van der Waals surface area (Å²) in [7, 11) is 0. The lowest BCUT2D eigenvalue weighted by molar-refractivity contribution is -0.147. The number of hydrogen-bond donors (Lipinski definition) is 1. The lowest BCUT2D eigenvalue weighted by Gasteiger charge is -2.27. The molecule has 164 valence electrons. The van der Waals surface area contributed by atoms with Crippen molar-refractivity contribution >= 4 is 34.7 Å². The van der Waals surface area contributed by atoms with Gasteiger partial charge in [-0.3, -0.25) is 24.6 Å². The molecule has 31 heavy (non-hydrogen) atoms. The average molecular weight is 423 g/mol. The molecule has 1 aliphatic carbocycles. The number of imide groups is 1. The molecule has 2 heterocycles. The van der Waals surface area contributed by atoms with Crippen LogP contribution in [0.2, 0.25) is 0 Å². The Labute approximate surface area is 182 Å². The van der Waals surface area contributed by atoms with Crippen LogP contribution in [0, 0.1) is 17.8 Å². The summed E-state index contributed by atoms with van der Waals surface area (Å²) in [6, 6.07) is 6.91. The second-order valence-electron chi connectivity index (χ2n) is 8.91. The van der Waals surface area contributed by atoms with Gasteiger partial charge in [0.1, 0.15) is 6.04 Å². The number of nitrogens with one attached hydrogen (secondary N) is 1. The molecule has 0 bridgehead atoms. The third-order valence-corrected chi connectivity index (χ3v) is 6.19. The highest BCUT2D eigenvalue weighted by molar-refractivity contribution is 6.10. The number of benzene rings is 1. The number of carbonyl (C=O) groups is 3. The average Bonchev–Trinajstić information content (AvgIpc) is 3.22. The van der Waals surface area contributed by atoms with Crippen molar-refractivity contribution < 1.29 is 14.4 Å². The number of imidazole rings is 1. The number of nitrogens with zero attached hydrogens (tertiary/aromatic N) is 3. The summed E-state index contributed by atoms with van der Waals surface area (Å²) in [4.78, 5) is 45.5. The molecule has 3 atom stereocenters. The van der Waals surface area contributed by atoms with Crippen LogP contribution in [0.3, 0.4) is 0 Å². The molecule has 0 radical (unpaired) electrons. The van der Waals surface area contributed by atoms with Crippen LogP contribution in [0.4, 0.5) is 5.95 Å². The van der Waals surface area contributed by atoms with Crippen molar-refractivity contribution in [3.05, 3.63) is 36.4 Å². The highest BCUT2D eigenvalue weighted by Gasteiger charge is 2.51. The van der Waals surface area contributed by atoms with E-state index in [1.165, 1.54) is 4.90 Å². The molecule has 1 aromatic heterocycles. The van der Waals surface area contributed by atoms with E-state index in [0.717, 1.165) is 17.5 Å². The molecule has 0 saturated carbocycles. The second-order valence-corrected chi connectivity index (χ2v) is 8.91. The van der Waals surface area contributed by atoms with Crippen LogP contribution in [-0.2, 0) is 20.9 Å². The zero-order valence-electron chi connectivity index (χ0n) is 18.4. The fourth-order valence-electron chi connectivity index (χ4n) is 4.72. The van der Waals surface area contributed by atoms with Crippen molar-refractivity contribution in [3.8, 4) is 0 Å². The van der Waals surface area contributed by atoms with Gasteiger partial charge in [0, 0.05) is 6.54 Å². The largest absolute Gasteiger partial charge is 0.310 e. The first-order valence-corrected chi connectivity index (χ1v) is 11.2. The van der Waals surface area contributed by atoms with Crippen molar-refractivity contribution in [2.24, 2.45) is 17.8 Å². The minimum Gasteiger partial charge on any atom is -0.310 e. The first-order chi connectivity index (χ1) is 14.9. The van der Waals surface area contributed by atoms with E-state index in [2.05, 4.69) is 17.2 Å². The molecular formula is C24H30N4O3. The number of allylic oxidation sites excluding steroid dienone is 2. The maximum Gasteiger partial charge on any atom is 0.249 e. The van der Waals surface area contributed by atoms with Gasteiger partial charge < -0.3 is 4.57 Å². The number of amides is 3. The predicted molar refractivity (Wildman–Crippen MR) is 119 cm³/mol. The van der Waals surface area contributed by atoms with Gasteiger partial charge in [-0.05, 0) is 43.7 Å². The van der Waals surface area contributed by atoms with Gasteiger partial charge in [-0.2, -0.15) is 0 Å². The fraction of sp³-hybridized carbons (Fsp3) is 0.500. The number of carbonyl (C=O) groups excluding carboxylic acids is 3. The zero-order valence-corrected chi connectivity index (χ0v) is 18.4. The fourth-order valence-corrected chi connectivity index (χ4v) is 4.72. The van der Waals surface area contributed by atoms with Gasteiger partial charge in [-0.1, -0.05) is 45.1 Å². The molecule has 2 aromatic rings. The Morgan fingerprint density at radius 3 is 2.39 bits per heavy atom. The number of aromatic nitrogens is 2. The maximum atomic E-state index is 13.4. The Bertz CT molecular complexity index is 1010. The van der Waals surface area contributed by atoms with E-state index in [1.54, 1.807) is 0 Å². The minimum absolute atomic E-state index is 0.145. The summed E-state index contributed by atoms with van der Waals surface area (Å²) in [6.07, 6.45) is 6.35. The van der Waals surface area contributed by atoms with Gasteiger partial charge in [-0.15, -0.1) is 0 Å². The highest BCUT2D eigenvalue weighted by atomic mass is 16.2. The van der Waals surface area contributed by atoms with Crippen molar-refractivity contribution in [1.29, 1.82) is 0 Å². The number of rotatable bonds is 7. The third-order valence-electron chi connectivity index (χ3n) is 6.19. The van der Waals surface area contributed by atoms with Crippen LogP contribution in [-0.4, -0.2) is 38.2 Å². The Morgan fingerprint density at radius 2 is 1.77 bits per heavy atom. The predicted octanol–water partition coefficient (Wildman–Crippen LogP) is 3.75. The van der Waals surface area contributed by atoms with Gasteiger partial charge in [0.15, 0.2) is 0 Å². The summed E-state index contributed by atoms with van der Waals surface area (Å²) < 4.78 is 1.98. The number of fused-ring (bicyclic) bond motifs is 2. The normalized spacial score (nSPS) is 21.7. The molecular weight excluding hydrogens is 392 g/mol. The van der Waals surface area contributed by atoms with Crippen LogP contribution in [0.15, 0.2) is 36.4 Å². The number of likely N-dealkylation sites (tertiary alicyclic amines) is 1. The van der Waals surface area contributed by atoms with E-state index in [4.69, 9.17) is 0 Å². The molecule has 3 unspecified atom stereocenters. The van der Waals surface area contributed by atoms with Crippen molar-refractivity contribution in [2.45, 2.75) is 59.0 Å². The molecule has 1 fully saturated rings. The summed E-state index contributed by atoms with van der Waals surface area (Å²) in [5, 5.41) is 2.94. The van der Waals surface area contributed by atoms with Gasteiger partial charge in [0.25, 0.3) is 0 Å². The minimum atomic E-state index is -0.833. The molecule has 1 N–H and O–H groups in total. The van der Waals surface area contributed by atoms with Crippen LogP contribution >= 0.6 is 0 Å². The Balaban J connectivity index is 1.64. The van der Waals surface area contributed by atoms with E-state index in [-0.39, 0.29) is 35.5 Å². The monoisotopic (exact) mass is 422 g/mol. The number of aryl methyl sites for hydroxylation is 1. The van der Waals surface area contributed by atoms with E-state index >= 15 is 0 Å². The molecule has 4 rings (SSSR count). The third kappa shape index (κ3) is 3.89. The van der Waals surface area contributed by atoms with Crippen molar-refractivity contribution in [2.75, 3.05) is 5.32 Å². The summed E-state index contributed by atoms with van der Waals surface area (Å²) in [5.74, 6) is -0.875.